The van der Waals surface area contributed by atoms with Gasteiger partial charge in [-0.25, -0.2) is 4.39 Å². The van der Waals surface area contributed by atoms with Crippen LogP contribution >= 0.6 is 0 Å². The lowest BCUT2D eigenvalue weighted by Gasteiger charge is -2.16. The van der Waals surface area contributed by atoms with Gasteiger partial charge in [-0.3, -0.25) is 4.79 Å². The summed E-state index contributed by atoms with van der Waals surface area (Å²) < 4.78 is 29.2. The Morgan fingerprint density at radius 3 is 2.32 bits per heavy atom. The molecule has 0 heterocycles. The highest BCUT2D eigenvalue weighted by Crippen LogP contribution is 2.25. The first kappa shape index (κ1) is 18.6. The summed E-state index contributed by atoms with van der Waals surface area (Å²) in [5.41, 5.74) is 1.37. The van der Waals surface area contributed by atoms with Crippen LogP contribution < -0.4 is 19.5 Å². The molecule has 0 saturated carbocycles. The van der Waals surface area contributed by atoms with E-state index in [1.165, 1.54) is 13.2 Å². The number of hydrogen-bond donors (Lipinski definition) is 1. The smallest absolute Gasteiger partial charge is 0.225 e. The highest BCUT2D eigenvalue weighted by molar-refractivity contribution is 5.80. The van der Waals surface area contributed by atoms with Crippen molar-refractivity contribution in [3.05, 3.63) is 53.3 Å². The average molecular weight is 347 g/mol. The van der Waals surface area contributed by atoms with Gasteiger partial charge in [-0.05, 0) is 42.8 Å². The Bertz CT molecular complexity index is 748. The lowest BCUT2D eigenvalue weighted by atomic mass is 10.1. The van der Waals surface area contributed by atoms with E-state index in [1.807, 2.05) is 0 Å². The maximum atomic E-state index is 13.8. The van der Waals surface area contributed by atoms with Gasteiger partial charge < -0.3 is 19.5 Å². The van der Waals surface area contributed by atoms with Crippen molar-refractivity contribution in [2.24, 2.45) is 0 Å². The van der Waals surface area contributed by atoms with Crippen LogP contribution in [-0.4, -0.2) is 27.2 Å². The number of amides is 1. The number of halogens is 1. The summed E-state index contributed by atoms with van der Waals surface area (Å²) in [6.07, 6.45) is 0.128. The van der Waals surface area contributed by atoms with Gasteiger partial charge in [0.15, 0.2) is 11.6 Å². The van der Waals surface area contributed by atoms with Gasteiger partial charge in [0.25, 0.3) is 0 Å². The van der Waals surface area contributed by atoms with Crippen LogP contribution in [0.3, 0.4) is 0 Å². The molecule has 5 nitrogen and oxygen atoms in total. The van der Waals surface area contributed by atoms with E-state index in [0.29, 0.717) is 22.6 Å². The normalized spacial score (nSPS) is 11.6. The second-order valence-corrected chi connectivity index (χ2v) is 5.54. The number of rotatable bonds is 7. The minimum atomic E-state index is -0.462. The van der Waals surface area contributed by atoms with E-state index in [2.05, 4.69) is 5.32 Å². The van der Waals surface area contributed by atoms with Crippen LogP contribution in [0.4, 0.5) is 4.39 Å². The molecule has 0 spiro atoms. The largest absolute Gasteiger partial charge is 0.497 e. The third-order valence-corrected chi connectivity index (χ3v) is 3.89. The van der Waals surface area contributed by atoms with Crippen molar-refractivity contribution in [1.29, 1.82) is 0 Å². The fourth-order valence-corrected chi connectivity index (χ4v) is 2.52. The number of nitrogens with one attached hydrogen (secondary N) is 1. The molecule has 1 N–H and O–H groups in total. The highest BCUT2D eigenvalue weighted by atomic mass is 19.1. The first-order valence-corrected chi connectivity index (χ1v) is 7.82. The quantitative estimate of drug-likeness (QED) is 0.835. The van der Waals surface area contributed by atoms with Crippen LogP contribution in [0.5, 0.6) is 17.2 Å². The zero-order valence-electron chi connectivity index (χ0n) is 14.8. The average Bonchev–Trinajstić information content (AvgIpc) is 2.61. The monoisotopic (exact) mass is 347 g/mol. The van der Waals surface area contributed by atoms with E-state index in [1.54, 1.807) is 51.5 Å². The summed E-state index contributed by atoms with van der Waals surface area (Å²) in [7, 11) is 4.52. The number of carbonyl (C=O) groups excluding carboxylic acids is 1. The Labute approximate surface area is 146 Å². The van der Waals surface area contributed by atoms with Gasteiger partial charge in [-0.15, -0.1) is 0 Å². The maximum absolute atomic E-state index is 13.8. The van der Waals surface area contributed by atoms with Crippen LogP contribution in [0.25, 0.3) is 0 Å². The molecule has 0 aromatic heterocycles. The van der Waals surface area contributed by atoms with Crippen molar-refractivity contribution in [1.82, 2.24) is 5.32 Å². The lowest BCUT2D eigenvalue weighted by molar-refractivity contribution is -0.121. The summed E-state index contributed by atoms with van der Waals surface area (Å²) in [4.78, 5) is 12.3. The summed E-state index contributed by atoms with van der Waals surface area (Å²) >= 11 is 0. The molecule has 1 amide bonds. The van der Waals surface area contributed by atoms with Gasteiger partial charge in [-0.2, -0.15) is 0 Å². The topological polar surface area (TPSA) is 56.8 Å². The van der Waals surface area contributed by atoms with Crippen molar-refractivity contribution in [2.45, 2.75) is 19.4 Å². The molecule has 25 heavy (non-hydrogen) atoms. The molecular weight excluding hydrogens is 325 g/mol. The summed E-state index contributed by atoms with van der Waals surface area (Å²) in [5.74, 6) is 0.766. The van der Waals surface area contributed by atoms with Crippen molar-refractivity contribution in [2.75, 3.05) is 21.3 Å². The molecule has 1 unspecified atom stereocenters. The lowest BCUT2D eigenvalue weighted by Crippen LogP contribution is -2.28. The minimum absolute atomic E-state index is 0.128. The molecule has 0 aliphatic carbocycles. The zero-order valence-corrected chi connectivity index (χ0v) is 14.8. The fraction of sp³-hybridized carbons (Fsp3) is 0.316. The Morgan fingerprint density at radius 1 is 1.04 bits per heavy atom. The SMILES string of the molecule is COc1ccc(OC)c(CC(=O)NC(C)c2ccc(OC)c(F)c2)c1. The van der Waals surface area contributed by atoms with Gasteiger partial charge in [-0.1, -0.05) is 6.07 Å². The summed E-state index contributed by atoms with van der Waals surface area (Å²) in [5, 5.41) is 2.86. The molecule has 0 radical (unpaired) electrons. The first-order valence-electron chi connectivity index (χ1n) is 7.82. The Morgan fingerprint density at radius 2 is 1.72 bits per heavy atom. The minimum Gasteiger partial charge on any atom is -0.497 e. The molecule has 6 heteroatoms. The first-order chi connectivity index (χ1) is 12.0. The molecule has 2 aromatic carbocycles. The number of carbonyl (C=O) groups is 1. The van der Waals surface area contributed by atoms with E-state index in [0.717, 1.165) is 0 Å². The third-order valence-electron chi connectivity index (χ3n) is 3.89. The molecule has 1 atom stereocenters. The molecule has 0 aliphatic heterocycles. The maximum Gasteiger partial charge on any atom is 0.225 e. The molecule has 0 aliphatic rings. The standard InChI is InChI=1S/C19H22FNO4/c1-12(13-5-7-18(25-4)16(20)10-13)21-19(22)11-14-9-15(23-2)6-8-17(14)24-3/h5-10,12H,11H2,1-4H3,(H,21,22). The van der Waals surface area contributed by atoms with Crippen molar-refractivity contribution >= 4 is 5.91 Å². The van der Waals surface area contributed by atoms with E-state index in [9.17, 15) is 9.18 Å². The second kappa shape index (κ2) is 8.37. The molecule has 0 saturated heterocycles. The van der Waals surface area contributed by atoms with E-state index in [-0.39, 0.29) is 24.1 Å². The molecular formula is C19H22FNO4. The summed E-state index contributed by atoms with van der Waals surface area (Å²) in [6.45, 7) is 1.79. The summed E-state index contributed by atoms with van der Waals surface area (Å²) in [6, 6.07) is 9.56. The second-order valence-electron chi connectivity index (χ2n) is 5.54. The van der Waals surface area contributed by atoms with Crippen LogP contribution in [0, 0.1) is 5.82 Å². The highest BCUT2D eigenvalue weighted by Gasteiger charge is 2.15. The number of ether oxygens (including phenoxy) is 3. The van der Waals surface area contributed by atoms with Crippen LogP contribution in [0.15, 0.2) is 36.4 Å². The number of methoxy groups -OCH3 is 3. The third kappa shape index (κ3) is 4.62. The van der Waals surface area contributed by atoms with Gasteiger partial charge in [0.2, 0.25) is 5.91 Å². The molecule has 0 bridgehead atoms. The zero-order chi connectivity index (χ0) is 18.4. The fourth-order valence-electron chi connectivity index (χ4n) is 2.52. The van der Waals surface area contributed by atoms with Gasteiger partial charge in [0.05, 0.1) is 33.8 Å². The Hall–Kier alpha value is -2.76. The van der Waals surface area contributed by atoms with E-state index in [4.69, 9.17) is 14.2 Å². The molecule has 0 fully saturated rings. The van der Waals surface area contributed by atoms with E-state index < -0.39 is 5.82 Å². The predicted molar refractivity (Wildman–Crippen MR) is 92.8 cm³/mol. The molecule has 134 valence electrons. The van der Waals surface area contributed by atoms with Crippen LogP contribution in [-0.2, 0) is 11.2 Å². The van der Waals surface area contributed by atoms with Gasteiger partial charge >= 0.3 is 0 Å². The van der Waals surface area contributed by atoms with Crippen molar-refractivity contribution in [3.8, 4) is 17.2 Å². The van der Waals surface area contributed by atoms with Gasteiger partial charge in [0.1, 0.15) is 11.5 Å². The number of hydrogen-bond acceptors (Lipinski definition) is 4. The molecule has 2 rings (SSSR count). The Kier molecular flexibility index (Phi) is 6.22. The van der Waals surface area contributed by atoms with Crippen molar-refractivity contribution < 1.29 is 23.4 Å². The van der Waals surface area contributed by atoms with Crippen molar-refractivity contribution in [3.63, 3.8) is 0 Å². The predicted octanol–water partition coefficient (Wildman–Crippen LogP) is 3.27. The number of benzene rings is 2. The van der Waals surface area contributed by atoms with Gasteiger partial charge in [0, 0.05) is 5.56 Å². The molecule has 2 aromatic rings. The Balaban J connectivity index is 2.08. The van der Waals surface area contributed by atoms with Crippen LogP contribution in [0.1, 0.15) is 24.1 Å². The van der Waals surface area contributed by atoms with E-state index >= 15 is 0 Å². The van der Waals surface area contributed by atoms with Crippen LogP contribution in [0.2, 0.25) is 0 Å².